The second-order valence-electron chi connectivity index (χ2n) is 3.90. The minimum atomic E-state index is 0.748. The molecule has 2 heterocycles. The molecule has 0 unspecified atom stereocenters. The Morgan fingerprint density at radius 1 is 1.43 bits per heavy atom. The van der Waals surface area contributed by atoms with Crippen molar-refractivity contribution in [2.45, 2.75) is 26.8 Å². The zero-order valence-electron chi connectivity index (χ0n) is 8.77. The summed E-state index contributed by atoms with van der Waals surface area (Å²) in [5.74, 6) is 0.748. The number of aryl methyl sites for hydroxylation is 1. The lowest BCUT2D eigenvalue weighted by atomic mass is 10.0. The molecule has 0 N–H and O–H groups in total. The monoisotopic (exact) mass is 229 g/mol. The molecule has 0 bridgehead atoms. The highest BCUT2D eigenvalue weighted by atomic mass is 35.5. The fourth-order valence-corrected chi connectivity index (χ4v) is 3.45. The van der Waals surface area contributed by atoms with E-state index in [0.29, 0.717) is 0 Å². The molecule has 1 aliphatic heterocycles. The third-order valence-corrected chi connectivity index (χ3v) is 4.51. The summed E-state index contributed by atoms with van der Waals surface area (Å²) in [6, 6.07) is 0. The summed E-state index contributed by atoms with van der Waals surface area (Å²) in [5, 5.41) is 0. The smallest absolute Gasteiger partial charge is 0.0351 e. The van der Waals surface area contributed by atoms with Crippen LogP contribution >= 0.6 is 22.9 Å². The minimum Gasteiger partial charge on any atom is -0.297 e. The SMILES string of the molecule is Cc1sc2c(c1C)CN(CCCl)CC2. The van der Waals surface area contributed by atoms with E-state index in [-0.39, 0.29) is 0 Å². The zero-order valence-corrected chi connectivity index (χ0v) is 10.3. The molecule has 0 aliphatic carbocycles. The lowest BCUT2D eigenvalue weighted by Gasteiger charge is -2.26. The number of alkyl halides is 1. The molecule has 2 rings (SSSR count). The van der Waals surface area contributed by atoms with Gasteiger partial charge in [-0.2, -0.15) is 0 Å². The van der Waals surface area contributed by atoms with Crippen LogP contribution in [0.15, 0.2) is 0 Å². The fraction of sp³-hybridized carbons (Fsp3) is 0.636. The molecule has 0 saturated carbocycles. The highest BCUT2D eigenvalue weighted by Crippen LogP contribution is 2.31. The Labute approximate surface area is 94.7 Å². The minimum absolute atomic E-state index is 0.748. The average Bonchev–Trinajstić information content (AvgIpc) is 2.45. The van der Waals surface area contributed by atoms with Crippen molar-refractivity contribution in [2.75, 3.05) is 19.0 Å². The first-order valence-corrected chi connectivity index (χ1v) is 6.43. The first-order chi connectivity index (χ1) is 6.72. The third-order valence-electron chi connectivity index (χ3n) is 3.03. The van der Waals surface area contributed by atoms with Crippen LogP contribution in [0.3, 0.4) is 0 Å². The lowest BCUT2D eigenvalue weighted by Crippen LogP contribution is -2.31. The highest BCUT2D eigenvalue weighted by Gasteiger charge is 2.20. The lowest BCUT2D eigenvalue weighted by molar-refractivity contribution is 0.271. The van der Waals surface area contributed by atoms with Gasteiger partial charge < -0.3 is 0 Å². The van der Waals surface area contributed by atoms with Gasteiger partial charge in [0.2, 0.25) is 0 Å². The van der Waals surface area contributed by atoms with Crippen molar-refractivity contribution in [2.24, 2.45) is 0 Å². The first kappa shape index (κ1) is 10.5. The van der Waals surface area contributed by atoms with Crippen LogP contribution in [0.25, 0.3) is 0 Å². The van der Waals surface area contributed by atoms with Crippen LogP contribution in [0.1, 0.15) is 20.9 Å². The molecule has 0 saturated heterocycles. The average molecular weight is 230 g/mol. The summed E-state index contributed by atoms with van der Waals surface area (Å²) in [7, 11) is 0. The quantitative estimate of drug-likeness (QED) is 0.705. The van der Waals surface area contributed by atoms with Gasteiger partial charge in [-0.1, -0.05) is 0 Å². The van der Waals surface area contributed by atoms with Crippen LogP contribution in [0.4, 0.5) is 0 Å². The van der Waals surface area contributed by atoms with E-state index in [1.807, 2.05) is 11.3 Å². The molecule has 1 nitrogen and oxygen atoms in total. The molecule has 78 valence electrons. The van der Waals surface area contributed by atoms with Gasteiger partial charge in [0.15, 0.2) is 0 Å². The largest absolute Gasteiger partial charge is 0.297 e. The van der Waals surface area contributed by atoms with Gasteiger partial charge in [-0.05, 0) is 31.4 Å². The fourth-order valence-electron chi connectivity index (χ4n) is 2.03. The number of halogens is 1. The molecule has 0 fully saturated rings. The van der Waals surface area contributed by atoms with Crippen molar-refractivity contribution < 1.29 is 0 Å². The molecular weight excluding hydrogens is 214 g/mol. The molecule has 0 amide bonds. The maximum Gasteiger partial charge on any atom is 0.0351 e. The van der Waals surface area contributed by atoms with E-state index in [1.54, 1.807) is 10.4 Å². The second-order valence-corrected chi connectivity index (χ2v) is 5.59. The van der Waals surface area contributed by atoms with E-state index in [4.69, 9.17) is 11.6 Å². The predicted octanol–water partition coefficient (Wildman–Crippen LogP) is 2.96. The van der Waals surface area contributed by atoms with Crippen molar-refractivity contribution >= 4 is 22.9 Å². The van der Waals surface area contributed by atoms with Crippen molar-refractivity contribution in [3.63, 3.8) is 0 Å². The molecule has 14 heavy (non-hydrogen) atoms. The third kappa shape index (κ3) is 1.83. The topological polar surface area (TPSA) is 3.24 Å². The van der Waals surface area contributed by atoms with Crippen molar-refractivity contribution in [3.05, 3.63) is 20.9 Å². The van der Waals surface area contributed by atoms with Crippen LogP contribution in [0, 0.1) is 13.8 Å². The van der Waals surface area contributed by atoms with E-state index in [9.17, 15) is 0 Å². The van der Waals surface area contributed by atoms with Gasteiger partial charge in [0.05, 0.1) is 0 Å². The zero-order chi connectivity index (χ0) is 10.1. The second kappa shape index (κ2) is 4.21. The molecule has 1 aromatic rings. The Hall–Kier alpha value is -0.0500. The Bertz CT molecular complexity index is 332. The molecule has 1 aromatic heterocycles. The number of hydrogen-bond donors (Lipinski definition) is 0. The van der Waals surface area contributed by atoms with Crippen LogP contribution in [-0.4, -0.2) is 23.9 Å². The molecular formula is C11H16ClNS. The summed E-state index contributed by atoms with van der Waals surface area (Å²) in [5.41, 5.74) is 3.08. The molecule has 0 aromatic carbocycles. The summed E-state index contributed by atoms with van der Waals surface area (Å²) in [6.45, 7) is 7.78. The van der Waals surface area contributed by atoms with E-state index in [1.165, 1.54) is 23.4 Å². The predicted molar refractivity (Wildman–Crippen MR) is 63.5 cm³/mol. The van der Waals surface area contributed by atoms with Gasteiger partial charge in [0.25, 0.3) is 0 Å². The Kier molecular flexibility index (Phi) is 3.15. The van der Waals surface area contributed by atoms with Gasteiger partial charge in [-0.25, -0.2) is 0 Å². The highest BCUT2D eigenvalue weighted by molar-refractivity contribution is 7.12. The van der Waals surface area contributed by atoms with Gasteiger partial charge in [-0.3, -0.25) is 4.90 Å². The van der Waals surface area contributed by atoms with Gasteiger partial charge in [0.1, 0.15) is 0 Å². The van der Waals surface area contributed by atoms with E-state index in [2.05, 4.69) is 18.7 Å². The normalized spacial score (nSPS) is 17.1. The van der Waals surface area contributed by atoms with Crippen molar-refractivity contribution in [1.82, 2.24) is 4.90 Å². The van der Waals surface area contributed by atoms with Crippen LogP contribution < -0.4 is 0 Å². The van der Waals surface area contributed by atoms with E-state index in [0.717, 1.165) is 19.0 Å². The molecule has 0 spiro atoms. The number of thiophene rings is 1. The molecule has 0 atom stereocenters. The van der Waals surface area contributed by atoms with Crippen LogP contribution in [0.2, 0.25) is 0 Å². The van der Waals surface area contributed by atoms with Crippen molar-refractivity contribution in [3.8, 4) is 0 Å². The Morgan fingerprint density at radius 3 is 2.93 bits per heavy atom. The maximum atomic E-state index is 5.77. The van der Waals surface area contributed by atoms with Crippen molar-refractivity contribution in [1.29, 1.82) is 0 Å². The Morgan fingerprint density at radius 2 is 2.21 bits per heavy atom. The summed E-state index contributed by atoms with van der Waals surface area (Å²) < 4.78 is 0. The van der Waals surface area contributed by atoms with Crippen LogP contribution in [-0.2, 0) is 13.0 Å². The first-order valence-electron chi connectivity index (χ1n) is 5.08. The number of fused-ring (bicyclic) bond motifs is 1. The standard InChI is InChI=1S/C11H16ClNS/c1-8-9(2)14-11-3-5-13(6-4-12)7-10(8)11/h3-7H2,1-2H3. The van der Waals surface area contributed by atoms with Gasteiger partial charge in [0, 0.05) is 35.3 Å². The van der Waals surface area contributed by atoms with Crippen LogP contribution in [0.5, 0.6) is 0 Å². The van der Waals surface area contributed by atoms with Gasteiger partial charge >= 0.3 is 0 Å². The molecule has 1 aliphatic rings. The molecule has 3 heteroatoms. The number of hydrogen-bond acceptors (Lipinski definition) is 2. The van der Waals surface area contributed by atoms with E-state index < -0.39 is 0 Å². The number of nitrogens with zero attached hydrogens (tertiary/aromatic N) is 1. The summed E-state index contributed by atoms with van der Waals surface area (Å²) in [6.07, 6.45) is 1.21. The Balaban J connectivity index is 2.20. The number of rotatable bonds is 2. The molecule has 0 radical (unpaired) electrons. The van der Waals surface area contributed by atoms with E-state index >= 15 is 0 Å². The summed E-state index contributed by atoms with van der Waals surface area (Å²) >= 11 is 7.75. The maximum absolute atomic E-state index is 5.77. The van der Waals surface area contributed by atoms with Gasteiger partial charge in [-0.15, -0.1) is 22.9 Å². The summed E-state index contributed by atoms with van der Waals surface area (Å²) in [4.78, 5) is 5.54.